The molecule has 2 aromatic rings. The van der Waals surface area contributed by atoms with Crippen LogP contribution in [0.25, 0.3) is 0 Å². The van der Waals surface area contributed by atoms with Crippen molar-refractivity contribution in [2.24, 2.45) is 5.10 Å². The largest absolute Gasteiger partial charge is 0.508 e. The summed E-state index contributed by atoms with van der Waals surface area (Å²) in [5.74, 6) is 0.136. The van der Waals surface area contributed by atoms with Gasteiger partial charge in [-0.1, -0.05) is 17.7 Å². The van der Waals surface area contributed by atoms with Gasteiger partial charge in [-0.2, -0.15) is 5.10 Å². The van der Waals surface area contributed by atoms with E-state index in [0.717, 1.165) is 5.56 Å². The molecule has 6 heteroatoms. The van der Waals surface area contributed by atoms with Gasteiger partial charge in [0.25, 0.3) is 5.91 Å². The number of benzene rings is 2. The summed E-state index contributed by atoms with van der Waals surface area (Å²) in [6.07, 6.45) is 0. The first kappa shape index (κ1) is 16.4. The van der Waals surface area contributed by atoms with E-state index >= 15 is 0 Å². The minimum atomic E-state index is -0.426. The Morgan fingerprint density at radius 3 is 2.57 bits per heavy atom. The SMILES string of the molecule is C/C(=N/NC(=O)COc1ccc(C)cc1)c1cc(O)ccc1O. The van der Waals surface area contributed by atoms with Crippen LogP contribution in [0.4, 0.5) is 0 Å². The summed E-state index contributed by atoms with van der Waals surface area (Å²) >= 11 is 0. The van der Waals surface area contributed by atoms with Crippen LogP contribution in [0.3, 0.4) is 0 Å². The molecule has 120 valence electrons. The van der Waals surface area contributed by atoms with Crippen molar-refractivity contribution in [2.45, 2.75) is 13.8 Å². The molecule has 0 bridgehead atoms. The minimum Gasteiger partial charge on any atom is -0.508 e. The van der Waals surface area contributed by atoms with Gasteiger partial charge in [-0.05, 0) is 44.2 Å². The number of aryl methyl sites for hydroxylation is 1. The monoisotopic (exact) mass is 314 g/mol. The highest BCUT2D eigenvalue weighted by atomic mass is 16.5. The maximum Gasteiger partial charge on any atom is 0.277 e. The Morgan fingerprint density at radius 1 is 1.17 bits per heavy atom. The number of hydrazone groups is 1. The second-order valence-electron chi connectivity index (χ2n) is 5.04. The number of phenolic OH excluding ortho intramolecular Hbond substituents is 2. The third kappa shape index (κ3) is 4.74. The molecule has 0 aliphatic carbocycles. The average molecular weight is 314 g/mol. The van der Waals surface area contributed by atoms with Crippen molar-refractivity contribution in [1.82, 2.24) is 5.43 Å². The van der Waals surface area contributed by atoms with Gasteiger partial charge in [0, 0.05) is 5.56 Å². The Bertz CT molecular complexity index is 724. The number of phenols is 2. The maximum atomic E-state index is 11.7. The second-order valence-corrected chi connectivity index (χ2v) is 5.04. The summed E-state index contributed by atoms with van der Waals surface area (Å²) in [6.45, 7) is 3.40. The van der Waals surface area contributed by atoms with E-state index in [9.17, 15) is 15.0 Å². The van der Waals surface area contributed by atoms with Crippen molar-refractivity contribution in [3.63, 3.8) is 0 Å². The van der Waals surface area contributed by atoms with Crippen LogP contribution in [-0.2, 0) is 4.79 Å². The number of nitrogens with zero attached hydrogens (tertiary/aromatic N) is 1. The lowest BCUT2D eigenvalue weighted by atomic mass is 10.1. The minimum absolute atomic E-state index is 0.00128. The topological polar surface area (TPSA) is 91.2 Å². The van der Waals surface area contributed by atoms with Crippen LogP contribution in [0, 0.1) is 6.92 Å². The number of nitrogens with one attached hydrogen (secondary N) is 1. The lowest BCUT2D eigenvalue weighted by Gasteiger charge is -2.07. The first-order chi connectivity index (χ1) is 11.0. The van der Waals surface area contributed by atoms with Gasteiger partial charge in [-0.15, -0.1) is 0 Å². The fraction of sp³-hybridized carbons (Fsp3) is 0.176. The summed E-state index contributed by atoms with van der Waals surface area (Å²) in [5, 5.41) is 23.0. The highest BCUT2D eigenvalue weighted by Gasteiger charge is 2.07. The highest BCUT2D eigenvalue weighted by Crippen LogP contribution is 2.22. The molecule has 6 nitrogen and oxygen atoms in total. The number of ether oxygens (including phenoxy) is 1. The Hall–Kier alpha value is -3.02. The van der Waals surface area contributed by atoms with Crippen molar-refractivity contribution in [2.75, 3.05) is 6.61 Å². The van der Waals surface area contributed by atoms with E-state index < -0.39 is 5.91 Å². The van der Waals surface area contributed by atoms with Crippen molar-refractivity contribution in [3.05, 3.63) is 53.6 Å². The van der Waals surface area contributed by atoms with Gasteiger partial charge in [-0.3, -0.25) is 4.79 Å². The van der Waals surface area contributed by atoms with Crippen LogP contribution in [0.2, 0.25) is 0 Å². The van der Waals surface area contributed by atoms with Crippen molar-refractivity contribution < 1.29 is 19.7 Å². The molecule has 0 saturated carbocycles. The Kier molecular flexibility index (Phi) is 5.19. The third-order valence-corrected chi connectivity index (χ3v) is 3.11. The molecule has 0 aliphatic heterocycles. The molecule has 2 rings (SSSR count). The number of carbonyl (C=O) groups excluding carboxylic acids is 1. The molecular formula is C17H18N2O4. The van der Waals surface area contributed by atoms with Crippen molar-refractivity contribution in [3.8, 4) is 17.2 Å². The van der Waals surface area contributed by atoms with Gasteiger partial charge in [0.05, 0.1) is 5.71 Å². The zero-order chi connectivity index (χ0) is 16.8. The van der Waals surface area contributed by atoms with E-state index in [1.807, 2.05) is 19.1 Å². The van der Waals surface area contributed by atoms with E-state index in [-0.39, 0.29) is 18.1 Å². The number of rotatable bonds is 5. The van der Waals surface area contributed by atoms with Gasteiger partial charge >= 0.3 is 0 Å². The fourth-order valence-corrected chi connectivity index (χ4v) is 1.84. The van der Waals surface area contributed by atoms with Gasteiger partial charge in [0.2, 0.25) is 0 Å². The second kappa shape index (κ2) is 7.31. The van der Waals surface area contributed by atoms with Crippen molar-refractivity contribution in [1.29, 1.82) is 0 Å². The zero-order valence-corrected chi connectivity index (χ0v) is 12.9. The summed E-state index contributed by atoms with van der Waals surface area (Å²) in [7, 11) is 0. The van der Waals surface area contributed by atoms with Gasteiger partial charge in [0.15, 0.2) is 6.61 Å². The number of amides is 1. The smallest absolute Gasteiger partial charge is 0.277 e. The van der Waals surface area contributed by atoms with Gasteiger partial charge in [-0.25, -0.2) is 5.43 Å². The predicted molar refractivity (Wildman–Crippen MR) is 86.8 cm³/mol. The zero-order valence-electron chi connectivity index (χ0n) is 12.9. The Morgan fingerprint density at radius 2 is 1.87 bits per heavy atom. The summed E-state index contributed by atoms with van der Waals surface area (Å²) in [5.41, 5.74) is 4.15. The molecule has 23 heavy (non-hydrogen) atoms. The van der Waals surface area contributed by atoms with Gasteiger partial charge < -0.3 is 14.9 Å². The molecule has 0 aromatic heterocycles. The molecule has 2 aromatic carbocycles. The molecule has 0 radical (unpaired) electrons. The summed E-state index contributed by atoms with van der Waals surface area (Å²) in [4.78, 5) is 11.7. The fourth-order valence-electron chi connectivity index (χ4n) is 1.84. The molecule has 1 amide bonds. The predicted octanol–water partition coefficient (Wildman–Crippen LogP) is 2.33. The average Bonchev–Trinajstić information content (AvgIpc) is 2.54. The number of aromatic hydroxyl groups is 2. The molecule has 0 unspecified atom stereocenters. The first-order valence-electron chi connectivity index (χ1n) is 7.00. The lowest BCUT2D eigenvalue weighted by Crippen LogP contribution is -2.25. The molecular weight excluding hydrogens is 296 g/mol. The standard InChI is InChI=1S/C17H18N2O4/c1-11-3-6-14(7-4-11)23-10-17(22)19-18-12(2)15-9-13(20)5-8-16(15)21/h3-9,20-21H,10H2,1-2H3,(H,19,22)/b18-12-. The summed E-state index contributed by atoms with van der Waals surface area (Å²) in [6, 6.07) is 11.4. The summed E-state index contributed by atoms with van der Waals surface area (Å²) < 4.78 is 5.33. The molecule has 0 aliphatic rings. The molecule has 0 atom stereocenters. The van der Waals surface area contributed by atoms with E-state index in [1.165, 1.54) is 18.2 Å². The number of hydrogen-bond acceptors (Lipinski definition) is 5. The van der Waals surface area contributed by atoms with Crippen LogP contribution < -0.4 is 10.2 Å². The van der Waals surface area contributed by atoms with Crippen molar-refractivity contribution >= 4 is 11.6 Å². The van der Waals surface area contributed by atoms with Crippen LogP contribution in [0.15, 0.2) is 47.6 Å². The maximum absolute atomic E-state index is 11.7. The van der Waals surface area contributed by atoms with E-state index in [1.54, 1.807) is 19.1 Å². The van der Waals surface area contributed by atoms with Gasteiger partial charge in [0.1, 0.15) is 17.2 Å². The van der Waals surface area contributed by atoms with E-state index in [0.29, 0.717) is 17.0 Å². The highest BCUT2D eigenvalue weighted by molar-refractivity contribution is 6.01. The molecule has 0 heterocycles. The number of carbonyl (C=O) groups is 1. The molecule has 0 spiro atoms. The van der Waals surface area contributed by atoms with Crippen LogP contribution in [-0.4, -0.2) is 28.4 Å². The molecule has 0 saturated heterocycles. The van der Waals surface area contributed by atoms with Crippen LogP contribution in [0.5, 0.6) is 17.2 Å². The number of hydrogen-bond donors (Lipinski definition) is 3. The Labute approximate surface area is 134 Å². The van der Waals surface area contributed by atoms with Crippen LogP contribution >= 0.6 is 0 Å². The normalized spacial score (nSPS) is 11.1. The molecule has 3 N–H and O–H groups in total. The molecule has 0 fully saturated rings. The first-order valence-corrected chi connectivity index (χ1v) is 7.00. The third-order valence-electron chi connectivity index (χ3n) is 3.11. The van der Waals surface area contributed by atoms with Crippen LogP contribution in [0.1, 0.15) is 18.1 Å². The lowest BCUT2D eigenvalue weighted by molar-refractivity contribution is -0.123. The Balaban J connectivity index is 1.92. The van der Waals surface area contributed by atoms with E-state index in [4.69, 9.17) is 4.74 Å². The quantitative estimate of drug-likeness (QED) is 0.449. The van der Waals surface area contributed by atoms with E-state index in [2.05, 4.69) is 10.5 Å².